The van der Waals surface area contributed by atoms with Crippen molar-refractivity contribution in [1.29, 1.82) is 0 Å². The van der Waals surface area contributed by atoms with Crippen LogP contribution in [0.3, 0.4) is 0 Å². The van der Waals surface area contributed by atoms with Crippen molar-refractivity contribution in [3.05, 3.63) is 58.0 Å². The van der Waals surface area contributed by atoms with Crippen LogP contribution < -0.4 is 4.90 Å². The Labute approximate surface area is 206 Å². The van der Waals surface area contributed by atoms with Crippen LogP contribution in [0.4, 0.5) is 5.69 Å². The van der Waals surface area contributed by atoms with E-state index in [-0.39, 0.29) is 17.9 Å². The number of hydrogen-bond donors (Lipinski definition) is 0. The lowest BCUT2D eigenvalue weighted by Gasteiger charge is -2.31. The summed E-state index contributed by atoms with van der Waals surface area (Å²) in [4.78, 5) is 29.4. The number of amides is 2. The molecule has 2 aliphatic heterocycles. The van der Waals surface area contributed by atoms with Gasteiger partial charge in [-0.3, -0.25) is 14.5 Å². The van der Waals surface area contributed by atoms with Gasteiger partial charge in [0, 0.05) is 35.7 Å². The summed E-state index contributed by atoms with van der Waals surface area (Å²) >= 11 is 9.27. The number of benzene rings is 2. The van der Waals surface area contributed by atoms with Crippen molar-refractivity contribution in [2.75, 3.05) is 44.3 Å². The fourth-order valence-corrected chi connectivity index (χ4v) is 5.92. The first kappa shape index (κ1) is 24.3. The first-order chi connectivity index (χ1) is 15.8. The third kappa shape index (κ3) is 5.31. The number of rotatable bonds is 7. The van der Waals surface area contributed by atoms with E-state index in [1.807, 2.05) is 0 Å². The molecule has 176 valence electrons. The van der Waals surface area contributed by atoms with E-state index in [0.29, 0.717) is 43.6 Å². The maximum Gasteiger partial charge on any atom is 0.252 e. The molecule has 0 saturated carbocycles. The van der Waals surface area contributed by atoms with Crippen molar-refractivity contribution in [3.63, 3.8) is 0 Å². The number of anilines is 1. The molecule has 2 fully saturated rings. The Morgan fingerprint density at radius 3 is 2.30 bits per heavy atom. The van der Waals surface area contributed by atoms with Gasteiger partial charge in [0.15, 0.2) is 0 Å². The molecule has 4 rings (SSSR count). The van der Waals surface area contributed by atoms with Crippen molar-refractivity contribution in [2.24, 2.45) is 0 Å². The van der Waals surface area contributed by atoms with Crippen molar-refractivity contribution in [1.82, 2.24) is 9.21 Å². The summed E-state index contributed by atoms with van der Waals surface area (Å²) in [5.41, 5.74) is 0.410. The average Bonchev–Trinajstić information content (AvgIpc) is 3.09. The van der Waals surface area contributed by atoms with E-state index in [0.717, 1.165) is 13.7 Å². The molecule has 0 spiro atoms. The van der Waals surface area contributed by atoms with Crippen LogP contribution in [0.5, 0.6) is 0 Å². The Morgan fingerprint density at radius 2 is 1.67 bits per heavy atom. The molecule has 33 heavy (non-hydrogen) atoms. The molecule has 2 aromatic carbocycles. The van der Waals surface area contributed by atoms with Gasteiger partial charge in [0.05, 0.1) is 30.2 Å². The molecule has 8 nitrogen and oxygen atoms in total. The summed E-state index contributed by atoms with van der Waals surface area (Å²) < 4.78 is 34.5. The third-order valence-electron chi connectivity index (χ3n) is 5.72. The first-order valence-corrected chi connectivity index (χ1v) is 13.1. The Morgan fingerprint density at radius 1 is 1.03 bits per heavy atom. The topological polar surface area (TPSA) is 87.2 Å². The second-order valence-electron chi connectivity index (χ2n) is 7.79. The van der Waals surface area contributed by atoms with Gasteiger partial charge in [0.1, 0.15) is 6.04 Å². The molecular formula is C22H23BrClN3O5S. The minimum absolute atomic E-state index is 0.0243. The molecule has 0 bridgehead atoms. The largest absolute Gasteiger partial charge is 0.379 e. The van der Waals surface area contributed by atoms with Gasteiger partial charge in [0.25, 0.3) is 5.91 Å². The molecule has 2 heterocycles. The molecule has 0 radical (unpaired) electrons. The van der Waals surface area contributed by atoms with Gasteiger partial charge in [0.2, 0.25) is 15.9 Å². The maximum absolute atomic E-state index is 13.6. The smallest absolute Gasteiger partial charge is 0.252 e. The van der Waals surface area contributed by atoms with E-state index >= 15 is 0 Å². The number of nitrogens with zero attached hydrogens (tertiary/aromatic N) is 3. The monoisotopic (exact) mass is 555 g/mol. The highest BCUT2D eigenvalue weighted by molar-refractivity contribution is 9.10. The number of sulfonamides is 1. The number of halogens is 2. The standard InChI is InChI=1S/C22H23BrClN3O5S/c23-16-1-5-18(6-2-16)27-21(28)15-20(22(27)29)26(10-9-25-11-13-32-14-12-25)33(30,31)19-7-3-17(24)4-8-19/h1-8,20H,9-15H2. The van der Waals surface area contributed by atoms with Crippen molar-refractivity contribution >= 4 is 55.1 Å². The molecule has 0 aliphatic carbocycles. The van der Waals surface area contributed by atoms with Crippen molar-refractivity contribution < 1.29 is 22.7 Å². The predicted octanol–water partition coefficient (Wildman–Crippen LogP) is 2.76. The fourth-order valence-electron chi connectivity index (χ4n) is 3.95. The Hall–Kier alpha value is -1.82. The van der Waals surface area contributed by atoms with E-state index < -0.39 is 27.9 Å². The van der Waals surface area contributed by atoms with Crippen LogP contribution in [0.15, 0.2) is 57.9 Å². The minimum Gasteiger partial charge on any atom is -0.379 e. The molecule has 0 N–H and O–H groups in total. The van der Waals surface area contributed by atoms with Crippen LogP contribution in [0.2, 0.25) is 5.02 Å². The van der Waals surface area contributed by atoms with Crippen LogP contribution in [-0.2, 0) is 24.3 Å². The highest BCUT2D eigenvalue weighted by Gasteiger charge is 2.46. The summed E-state index contributed by atoms with van der Waals surface area (Å²) in [5, 5.41) is 0.405. The number of hydrogen-bond acceptors (Lipinski definition) is 6. The average molecular weight is 557 g/mol. The van der Waals surface area contributed by atoms with E-state index in [1.54, 1.807) is 24.3 Å². The number of ether oxygens (including phenoxy) is 1. The number of carbonyl (C=O) groups excluding carboxylic acids is 2. The van der Waals surface area contributed by atoms with E-state index in [9.17, 15) is 18.0 Å². The number of imide groups is 1. The number of morpholine rings is 1. The maximum atomic E-state index is 13.6. The molecule has 2 amide bonds. The van der Waals surface area contributed by atoms with Crippen LogP contribution in [0.1, 0.15) is 6.42 Å². The Balaban J connectivity index is 1.64. The van der Waals surface area contributed by atoms with E-state index in [4.69, 9.17) is 16.3 Å². The molecule has 1 unspecified atom stereocenters. The van der Waals surface area contributed by atoms with Gasteiger partial charge in [-0.25, -0.2) is 13.3 Å². The fraction of sp³-hybridized carbons (Fsp3) is 0.364. The predicted molar refractivity (Wildman–Crippen MR) is 128 cm³/mol. The quantitative estimate of drug-likeness (QED) is 0.488. The zero-order chi connectivity index (χ0) is 23.6. The van der Waals surface area contributed by atoms with Gasteiger partial charge >= 0.3 is 0 Å². The summed E-state index contributed by atoms with van der Waals surface area (Å²) in [6, 6.07) is 11.4. The Bertz CT molecular complexity index is 1120. The SMILES string of the molecule is O=C1CC(N(CCN2CCOCC2)S(=O)(=O)c2ccc(Cl)cc2)C(=O)N1c1ccc(Br)cc1. The summed E-state index contributed by atoms with van der Waals surface area (Å²) in [5.74, 6) is -0.989. The van der Waals surface area contributed by atoms with Crippen molar-refractivity contribution in [2.45, 2.75) is 17.4 Å². The van der Waals surface area contributed by atoms with E-state index in [2.05, 4.69) is 20.8 Å². The highest BCUT2D eigenvalue weighted by Crippen LogP contribution is 2.30. The van der Waals surface area contributed by atoms with Gasteiger partial charge in [-0.2, -0.15) is 4.31 Å². The molecule has 2 saturated heterocycles. The lowest BCUT2D eigenvalue weighted by atomic mass is 10.2. The van der Waals surface area contributed by atoms with Crippen LogP contribution in [0, 0.1) is 0 Å². The molecular weight excluding hydrogens is 534 g/mol. The third-order valence-corrected chi connectivity index (χ3v) is 8.42. The Kier molecular flexibility index (Phi) is 7.52. The first-order valence-electron chi connectivity index (χ1n) is 10.5. The summed E-state index contributed by atoms with van der Waals surface area (Å²) in [6.45, 7) is 2.99. The van der Waals surface area contributed by atoms with Gasteiger partial charge in [-0.15, -0.1) is 0 Å². The lowest BCUT2D eigenvalue weighted by Crippen LogP contribution is -2.49. The lowest BCUT2D eigenvalue weighted by molar-refractivity contribution is -0.122. The van der Waals surface area contributed by atoms with Crippen LogP contribution >= 0.6 is 27.5 Å². The summed E-state index contributed by atoms with van der Waals surface area (Å²) in [6.07, 6.45) is -0.217. The minimum atomic E-state index is -4.06. The molecule has 2 aliphatic rings. The van der Waals surface area contributed by atoms with Gasteiger partial charge in [-0.1, -0.05) is 27.5 Å². The van der Waals surface area contributed by atoms with Crippen LogP contribution in [0.25, 0.3) is 0 Å². The van der Waals surface area contributed by atoms with Crippen molar-refractivity contribution in [3.8, 4) is 0 Å². The molecule has 0 aromatic heterocycles. The second-order valence-corrected chi connectivity index (χ2v) is 11.0. The van der Waals surface area contributed by atoms with Crippen LogP contribution in [-0.4, -0.2) is 74.9 Å². The molecule has 11 heteroatoms. The molecule has 1 atom stereocenters. The zero-order valence-electron chi connectivity index (χ0n) is 17.7. The second kappa shape index (κ2) is 10.2. The highest BCUT2D eigenvalue weighted by atomic mass is 79.9. The molecule has 2 aromatic rings. The van der Waals surface area contributed by atoms with E-state index in [1.165, 1.54) is 24.3 Å². The summed E-state index contributed by atoms with van der Waals surface area (Å²) in [7, 11) is -4.06. The number of carbonyl (C=O) groups is 2. The zero-order valence-corrected chi connectivity index (χ0v) is 20.9. The van der Waals surface area contributed by atoms with Gasteiger partial charge < -0.3 is 4.74 Å². The normalized spacial score (nSPS) is 20.1. The van der Waals surface area contributed by atoms with Gasteiger partial charge in [-0.05, 0) is 48.5 Å².